The van der Waals surface area contributed by atoms with E-state index in [1.54, 1.807) is 0 Å². The molecule has 1 aromatic rings. The standard InChI is InChI=1S/C13H19N5O/c1-2-18(11-6-4-3-5-7-11)13(19)9-17-10-15-12(8-14)16-17/h10-11H,2-7,9H2,1H3. The Morgan fingerprint density at radius 1 is 1.53 bits per heavy atom. The molecule has 1 aliphatic carbocycles. The molecular formula is C13H19N5O. The van der Waals surface area contributed by atoms with E-state index in [1.807, 2.05) is 17.9 Å². The zero-order valence-electron chi connectivity index (χ0n) is 11.2. The van der Waals surface area contributed by atoms with Crippen molar-refractivity contribution in [2.75, 3.05) is 6.54 Å². The summed E-state index contributed by atoms with van der Waals surface area (Å²) in [6.07, 6.45) is 7.31. The van der Waals surface area contributed by atoms with E-state index >= 15 is 0 Å². The maximum atomic E-state index is 12.3. The number of carbonyl (C=O) groups excluding carboxylic acids is 1. The maximum Gasteiger partial charge on any atom is 0.252 e. The highest BCUT2D eigenvalue weighted by Gasteiger charge is 2.24. The highest BCUT2D eigenvalue weighted by Crippen LogP contribution is 2.22. The zero-order valence-corrected chi connectivity index (χ0v) is 11.2. The number of carbonyl (C=O) groups is 1. The van der Waals surface area contributed by atoms with Crippen LogP contribution >= 0.6 is 0 Å². The van der Waals surface area contributed by atoms with Gasteiger partial charge in [-0.2, -0.15) is 5.26 Å². The van der Waals surface area contributed by atoms with Crippen molar-refractivity contribution in [2.45, 2.75) is 51.6 Å². The molecule has 0 radical (unpaired) electrons. The summed E-state index contributed by atoms with van der Waals surface area (Å²) in [5, 5.41) is 12.6. The third-order valence-electron chi connectivity index (χ3n) is 3.61. The normalized spacial score (nSPS) is 16.0. The van der Waals surface area contributed by atoms with Crippen molar-refractivity contribution < 1.29 is 4.79 Å². The van der Waals surface area contributed by atoms with Crippen LogP contribution in [0.3, 0.4) is 0 Å². The van der Waals surface area contributed by atoms with E-state index < -0.39 is 0 Å². The number of aromatic nitrogens is 3. The largest absolute Gasteiger partial charge is 0.338 e. The summed E-state index contributed by atoms with van der Waals surface area (Å²) >= 11 is 0. The molecule has 1 fully saturated rings. The molecule has 102 valence electrons. The van der Waals surface area contributed by atoms with Crippen molar-refractivity contribution in [1.82, 2.24) is 19.7 Å². The monoisotopic (exact) mass is 261 g/mol. The van der Waals surface area contributed by atoms with E-state index in [4.69, 9.17) is 5.26 Å². The molecule has 0 aromatic carbocycles. The van der Waals surface area contributed by atoms with E-state index in [1.165, 1.54) is 30.3 Å². The van der Waals surface area contributed by atoms with Crippen molar-refractivity contribution in [2.24, 2.45) is 0 Å². The second-order valence-corrected chi connectivity index (χ2v) is 4.85. The van der Waals surface area contributed by atoms with Gasteiger partial charge in [0.15, 0.2) is 0 Å². The van der Waals surface area contributed by atoms with Crippen molar-refractivity contribution in [3.05, 3.63) is 12.2 Å². The second kappa shape index (κ2) is 6.32. The highest BCUT2D eigenvalue weighted by molar-refractivity contribution is 5.76. The summed E-state index contributed by atoms with van der Waals surface area (Å²) in [5.74, 6) is 0.164. The lowest BCUT2D eigenvalue weighted by Gasteiger charge is -2.33. The second-order valence-electron chi connectivity index (χ2n) is 4.85. The highest BCUT2D eigenvalue weighted by atomic mass is 16.2. The van der Waals surface area contributed by atoms with Gasteiger partial charge in [-0.05, 0) is 19.8 Å². The fourth-order valence-electron chi connectivity index (χ4n) is 2.68. The molecule has 6 nitrogen and oxygen atoms in total. The van der Waals surface area contributed by atoms with E-state index in [2.05, 4.69) is 10.1 Å². The number of rotatable bonds is 4. The van der Waals surface area contributed by atoms with E-state index in [-0.39, 0.29) is 18.3 Å². The fourth-order valence-corrected chi connectivity index (χ4v) is 2.68. The number of nitrogens with zero attached hydrogens (tertiary/aromatic N) is 5. The molecule has 0 spiro atoms. The minimum atomic E-state index is 0.0591. The molecule has 1 amide bonds. The van der Waals surface area contributed by atoms with E-state index in [0.29, 0.717) is 6.04 Å². The summed E-state index contributed by atoms with van der Waals surface area (Å²) in [7, 11) is 0. The summed E-state index contributed by atoms with van der Waals surface area (Å²) in [5.41, 5.74) is 0. The van der Waals surface area contributed by atoms with Gasteiger partial charge in [-0.15, -0.1) is 5.10 Å². The lowest BCUT2D eigenvalue weighted by molar-refractivity contribution is -0.134. The number of hydrogen-bond acceptors (Lipinski definition) is 4. The van der Waals surface area contributed by atoms with Crippen LogP contribution in [0.5, 0.6) is 0 Å². The summed E-state index contributed by atoms with van der Waals surface area (Å²) in [6, 6.07) is 2.23. The number of likely N-dealkylation sites (N-methyl/N-ethyl adjacent to an activating group) is 1. The molecule has 6 heteroatoms. The fraction of sp³-hybridized carbons (Fsp3) is 0.692. The molecule has 1 heterocycles. The van der Waals surface area contributed by atoms with Crippen LogP contribution < -0.4 is 0 Å². The minimum Gasteiger partial charge on any atom is -0.338 e. The van der Waals surface area contributed by atoms with Gasteiger partial charge in [-0.3, -0.25) is 4.79 Å². The molecule has 0 unspecified atom stereocenters. The van der Waals surface area contributed by atoms with Gasteiger partial charge in [0.2, 0.25) is 5.91 Å². The Morgan fingerprint density at radius 2 is 2.26 bits per heavy atom. The van der Waals surface area contributed by atoms with Crippen LogP contribution in [0.1, 0.15) is 44.9 Å². The van der Waals surface area contributed by atoms with Crippen LogP contribution in [-0.4, -0.2) is 38.2 Å². The topological polar surface area (TPSA) is 74.8 Å². The summed E-state index contributed by atoms with van der Waals surface area (Å²) in [6.45, 7) is 2.90. The van der Waals surface area contributed by atoms with Gasteiger partial charge in [0.1, 0.15) is 18.9 Å². The molecule has 1 saturated carbocycles. The minimum absolute atomic E-state index is 0.0591. The van der Waals surface area contributed by atoms with Gasteiger partial charge in [0.25, 0.3) is 5.82 Å². The smallest absolute Gasteiger partial charge is 0.252 e. The lowest BCUT2D eigenvalue weighted by atomic mass is 9.94. The molecule has 2 rings (SSSR count). The van der Waals surface area contributed by atoms with Gasteiger partial charge in [-0.25, -0.2) is 9.67 Å². The van der Waals surface area contributed by atoms with Crippen LogP contribution in [0.4, 0.5) is 0 Å². The Balaban J connectivity index is 1.98. The predicted molar refractivity (Wildman–Crippen MR) is 69.0 cm³/mol. The third-order valence-corrected chi connectivity index (χ3v) is 3.61. The summed E-state index contributed by atoms with van der Waals surface area (Å²) < 4.78 is 1.44. The average molecular weight is 261 g/mol. The van der Waals surface area contributed by atoms with Crippen molar-refractivity contribution in [1.29, 1.82) is 5.26 Å². The van der Waals surface area contributed by atoms with Gasteiger partial charge >= 0.3 is 0 Å². The van der Waals surface area contributed by atoms with Gasteiger partial charge in [0, 0.05) is 12.6 Å². The van der Waals surface area contributed by atoms with Crippen LogP contribution in [0, 0.1) is 11.3 Å². The van der Waals surface area contributed by atoms with Crippen LogP contribution in [-0.2, 0) is 11.3 Å². The molecule has 0 atom stereocenters. The van der Waals surface area contributed by atoms with E-state index in [0.717, 1.165) is 19.4 Å². The zero-order chi connectivity index (χ0) is 13.7. The first kappa shape index (κ1) is 13.5. The Bertz CT molecular complexity index is 470. The number of hydrogen-bond donors (Lipinski definition) is 0. The maximum absolute atomic E-state index is 12.3. The Kier molecular flexibility index (Phi) is 4.50. The molecule has 0 aliphatic heterocycles. The number of amides is 1. The Morgan fingerprint density at radius 3 is 2.84 bits per heavy atom. The van der Waals surface area contributed by atoms with Crippen LogP contribution in [0.15, 0.2) is 6.33 Å². The first-order valence-corrected chi connectivity index (χ1v) is 6.83. The molecule has 0 N–H and O–H groups in total. The Hall–Kier alpha value is -1.90. The van der Waals surface area contributed by atoms with Gasteiger partial charge < -0.3 is 4.90 Å². The Labute approximate surface area is 113 Å². The van der Waals surface area contributed by atoms with Gasteiger partial charge in [-0.1, -0.05) is 19.3 Å². The van der Waals surface area contributed by atoms with Crippen LogP contribution in [0.25, 0.3) is 0 Å². The molecule has 1 aromatic heterocycles. The number of nitriles is 1. The van der Waals surface area contributed by atoms with E-state index in [9.17, 15) is 4.79 Å². The SMILES string of the molecule is CCN(C(=O)Cn1cnc(C#N)n1)C1CCCCC1. The average Bonchev–Trinajstić information content (AvgIpc) is 2.88. The first-order chi connectivity index (χ1) is 9.24. The van der Waals surface area contributed by atoms with Crippen molar-refractivity contribution in [3.63, 3.8) is 0 Å². The van der Waals surface area contributed by atoms with Crippen molar-refractivity contribution >= 4 is 5.91 Å². The molecule has 0 bridgehead atoms. The first-order valence-electron chi connectivity index (χ1n) is 6.83. The molecule has 19 heavy (non-hydrogen) atoms. The third kappa shape index (κ3) is 3.31. The predicted octanol–water partition coefficient (Wildman–Crippen LogP) is 1.33. The summed E-state index contributed by atoms with van der Waals surface area (Å²) in [4.78, 5) is 18.0. The lowest BCUT2D eigenvalue weighted by Crippen LogP contribution is -2.43. The van der Waals surface area contributed by atoms with Crippen molar-refractivity contribution in [3.8, 4) is 6.07 Å². The molecule has 1 aliphatic rings. The van der Waals surface area contributed by atoms with Crippen LogP contribution in [0.2, 0.25) is 0 Å². The van der Waals surface area contributed by atoms with Gasteiger partial charge in [0.05, 0.1) is 0 Å². The molecule has 0 saturated heterocycles. The molecular weight excluding hydrogens is 242 g/mol. The quantitative estimate of drug-likeness (QED) is 0.819.